The van der Waals surface area contributed by atoms with Crippen molar-refractivity contribution in [3.05, 3.63) is 29.3 Å². The summed E-state index contributed by atoms with van der Waals surface area (Å²) in [6, 6.07) is 6.39. The summed E-state index contributed by atoms with van der Waals surface area (Å²) >= 11 is 0. The van der Waals surface area contributed by atoms with Crippen molar-refractivity contribution in [2.24, 2.45) is 0 Å². The Hall–Kier alpha value is -1.51. The van der Waals surface area contributed by atoms with E-state index in [9.17, 15) is 4.79 Å². The molecule has 0 saturated heterocycles. The van der Waals surface area contributed by atoms with Gasteiger partial charge >= 0.3 is 0 Å². The smallest absolute Gasteiger partial charge is 0.251 e. The molecule has 1 heterocycles. The van der Waals surface area contributed by atoms with Gasteiger partial charge in [0, 0.05) is 23.8 Å². The highest BCUT2D eigenvalue weighted by molar-refractivity contribution is 5.95. The molecule has 0 unspecified atom stereocenters. The lowest BCUT2D eigenvalue weighted by molar-refractivity contribution is 0.0928. The highest BCUT2D eigenvalue weighted by Gasteiger charge is 2.18. The molecule has 1 saturated carbocycles. The zero-order valence-corrected chi connectivity index (χ0v) is 10.7. The van der Waals surface area contributed by atoms with Crippen LogP contribution < -0.4 is 10.6 Å². The number of amides is 1. The van der Waals surface area contributed by atoms with Gasteiger partial charge in [-0.1, -0.05) is 25.3 Å². The molecule has 3 rings (SSSR count). The number of rotatable bonds is 2. The number of carbonyl (C=O) groups excluding carboxylic acids is 1. The van der Waals surface area contributed by atoms with Gasteiger partial charge in [0.05, 0.1) is 0 Å². The Kier molecular flexibility index (Phi) is 3.22. The van der Waals surface area contributed by atoms with Gasteiger partial charge in [0.1, 0.15) is 0 Å². The first-order valence-corrected chi connectivity index (χ1v) is 7.00. The van der Waals surface area contributed by atoms with Crippen molar-refractivity contribution in [2.75, 3.05) is 11.9 Å². The van der Waals surface area contributed by atoms with Crippen molar-refractivity contribution in [3.8, 4) is 0 Å². The summed E-state index contributed by atoms with van der Waals surface area (Å²) in [7, 11) is 0. The minimum Gasteiger partial charge on any atom is -0.384 e. The van der Waals surface area contributed by atoms with E-state index in [0.29, 0.717) is 6.04 Å². The van der Waals surface area contributed by atoms with E-state index >= 15 is 0 Å². The lowest BCUT2D eigenvalue weighted by Gasteiger charge is -2.22. The molecule has 0 atom stereocenters. The number of hydrogen-bond donors (Lipinski definition) is 2. The van der Waals surface area contributed by atoms with Gasteiger partial charge in [-0.25, -0.2) is 0 Å². The highest BCUT2D eigenvalue weighted by atomic mass is 16.1. The molecule has 1 aliphatic carbocycles. The van der Waals surface area contributed by atoms with Crippen LogP contribution in [-0.4, -0.2) is 18.5 Å². The monoisotopic (exact) mass is 244 g/mol. The third kappa shape index (κ3) is 2.35. The maximum Gasteiger partial charge on any atom is 0.251 e. The first-order chi connectivity index (χ1) is 8.83. The molecule has 1 aliphatic heterocycles. The Morgan fingerprint density at radius 3 is 2.89 bits per heavy atom. The fraction of sp³-hybridized carbons (Fsp3) is 0.533. The maximum absolute atomic E-state index is 12.2. The predicted molar refractivity (Wildman–Crippen MR) is 73.0 cm³/mol. The van der Waals surface area contributed by atoms with Crippen LogP contribution in [0.3, 0.4) is 0 Å². The molecule has 2 aliphatic rings. The van der Waals surface area contributed by atoms with Gasteiger partial charge in [-0.3, -0.25) is 4.79 Å². The van der Waals surface area contributed by atoms with Crippen LogP contribution in [0.5, 0.6) is 0 Å². The van der Waals surface area contributed by atoms with Gasteiger partial charge in [-0.05, 0) is 37.0 Å². The van der Waals surface area contributed by atoms with Crippen molar-refractivity contribution < 1.29 is 4.79 Å². The zero-order valence-electron chi connectivity index (χ0n) is 10.7. The third-order valence-corrected chi connectivity index (χ3v) is 4.02. The largest absolute Gasteiger partial charge is 0.384 e. The second-order valence-corrected chi connectivity index (χ2v) is 5.36. The molecule has 2 N–H and O–H groups in total. The second kappa shape index (κ2) is 5.01. The molecule has 1 aromatic rings. The van der Waals surface area contributed by atoms with E-state index in [1.807, 2.05) is 12.1 Å². The molecule has 3 nitrogen and oxygen atoms in total. The number of fused-ring (bicyclic) bond motifs is 1. The normalized spacial score (nSPS) is 19.1. The molecule has 0 spiro atoms. The first kappa shape index (κ1) is 11.6. The number of carbonyl (C=O) groups is 1. The van der Waals surface area contributed by atoms with Crippen molar-refractivity contribution >= 4 is 11.6 Å². The fourth-order valence-corrected chi connectivity index (χ4v) is 2.95. The van der Waals surface area contributed by atoms with Crippen LogP contribution in [0.1, 0.15) is 48.0 Å². The van der Waals surface area contributed by atoms with Crippen molar-refractivity contribution in [2.45, 2.75) is 44.6 Å². The van der Waals surface area contributed by atoms with E-state index in [4.69, 9.17) is 0 Å². The molecule has 1 fully saturated rings. The minimum atomic E-state index is 0.0819. The zero-order chi connectivity index (χ0) is 12.4. The van der Waals surface area contributed by atoms with Gasteiger partial charge in [-0.15, -0.1) is 0 Å². The van der Waals surface area contributed by atoms with Crippen LogP contribution in [-0.2, 0) is 6.42 Å². The number of anilines is 1. The summed E-state index contributed by atoms with van der Waals surface area (Å²) in [5, 5.41) is 6.48. The van der Waals surface area contributed by atoms with Crippen LogP contribution in [0.25, 0.3) is 0 Å². The van der Waals surface area contributed by atoms with E-state index in [1.54, 1.807) is 0 Å². The van der Waals surface area contributed by atoms with Crippen molar-refractivity contribution in [1.82, 2.24) is 5.32 Å². The minimum absolute atomic E-state index is 0.0819. The van der Waals surface area contributed by atoms with Crippen LogP contribution in [0.15, 0.2) is 18.2 Å². The number of benzene rings is 1. The second-order valence-electron chi connectivity index (χ2n) is 5.36. The Morgan fingerprint density at radius 1 is 1.22 bits per heavy atom. The highest BCUT2D eigenvalue weighted by Crippen LogP contribution is 2.23. The summed E-state index contributed by atoms with van der Waals surface area (Å²) in [5.74, 6) is 0.0819. The summed E-state index contributed by atoms with van der Waals surface area (Å²) < 4.78 is 0. The standard InChI is InChI=1S/C15H20N2O/c18-15(17-13-4-2-1-3-5-13)12-7-6-11-8-9-16-14(11)10-12/h6-7,10,13,16H,1-5,8-9H2,(H,17,18). The Balaban J connectivity index is 1.68. The summed E-state index contributed by atoms with van der Waals surface area (Å²) in [5.41, 5.74) is 3.24. The summed E-state index contributed by atoms with van der Waals surface area (Å²) in [6.45, 7) is 0.989. The molecule has 1 amide bonds. The quantitative estimate of drug-likeness (QED) is 0.840. The molecule has 0 aromatic heterocycles. The van der Waals surface area contributed by atoms with Gasteiger partial charge in [-0.2, -0.15) is 0 Å². The first-order valence-electron chi connectivity index (χ1n) is 7.00. The fourth-order valence-electron chi connectivity index (χ4n) is 2.95. The summed E-state index contributed by atoms with van der Waals surface area (Å²) in [4.78, 5) is 12.2. The Morgan fingerprint density at radius 2 is 2.06 bits per heavy atom. The predicted octanol–water partition coefficient (Wildman–Crippen LogP) is 2.72. The van der Waals surface area contributed by atoms with Crippen LogP contribution >= 0.6 is 0 Å². The van der Waals surface area contributed by atoms with E-state index in [1.165, 1.54) is 24.8 Å². The van der Waals surface area contributed by atoms with Crippen LogP contribution in [0.4, 0.5) is 5.69 Å². The number of hydrogen-bond acceptors (Lipinski definition) is 2. The van der Waals surface area contributed by atoms with E-state index < -0.39 is 0 Å². The molecule has 0 bridgehead atoms. The summed E-state index contributed by atoms with van der Waals surface area (Å²) in [6.07, 6.45) is 7.15. The topological polar surface area (TPSA) is 41.1 Å². The Bertz CT molecular complexity index is 450. The lowest BCUT2D eigenvalue weighted by Crippen LogP contribution is -2.36. The average Bonchev–Trinajstić information content (AvgIpc) is 2.87. The average molecular weight is 244 g/mol. The molecule has 1 aromatic carbocycles. The lowest BCUT2D eigenvalue weighted by atomic mass is 9.95. The van der Waals surface area contributed by atoms with Gasteiger partial charge in [0.15, 0.2) is 0 Å². The van der Waals surface area contributed by atoms with Crippen molar-refractivity contribution in [3.63, 3.8) is 0 Å². The molecule has 3 heteroatoms. The van der Waals surface area contributed by atoms with Gasteiger partial charge in [0.2, 0.25) is 0 Å². The van der Waals surface area contributed by atoms with Gasteiger partial charge < -0.3 is 10.6 Å². The molecular weight excluding hydrogens is 224 g/mol. The molecule has 18 heavy (non-hydrogen) atoms. The maximum atomic E-state index is 12.2. The molecular formula is C15H20N2O. The van der Waals surface area contributed by atoms with Gasteiger partial charge in [0.25, 0.3) is 5.91 Å². The van der Waals surface area contributed by atoms with E-state index in [2.05, 4.69) is 16.7 Å². The van der Waals surface area contributed by atoms with Crippen molar-refractivity contribution in [1.29, 1.82) is 0 Å². The Labute approximate surface area is 108 Å². The number of nitrogens with one attached hydrogen (secondary N) is 2. The van der Waals surface area contributed by atoms with E-state index in [-0.39, 0.29) is 5.91 Å². The third-order valence-electron chi connectivity index (χ3n) is 4.02. The SMILES string of the molecule is O=C(NC1CCCCC1)c1ccc2c(c1)NCC2. The van der Waals surface area contributed by atoms with E-state index in [0.717, 1.165) is 37.1 Å². The van der Waals surface area contributed by atoms with Crippen LogP contribution in [0.2, 0.25) is 0 Å². The molecule has 96 valence electrons. The van der Waals surface area contributed by atoms with Crippen LogP contribution in [0, 0.1) is 0 Å². The molecule has 0 radical (unpaired) electrons.